The lowest BCUT2D eigenvalue weighted by atomic mass is 10.1. The van der Waals surface area contributed by atoms with Gasteiger partial charge in [-0.3, -0.25) is 4.79 Å². The van der Waals surface area contributed by atoms with E-state index in [-0.39, 0.29) is 11.9 Å². The lowest BCUT2D eigenvalue weighted by Crippen LogP contribution is -2.42. The Morgan fingerprint density at radius 1 is 1.23 bits per heavy atom. The number of hydrogen-bond acceptors (Lipinski definition) is 3. The third-order valence-electron chi connectivity index (χ3n) is 4.34. The van der Waals surface area contributed by atoms with Gasteiger partial charge in [0.15, 0.2) is 0 Å². The van der Waals surface area contributed by atoms with Gasteiger partial charge in [0, 0.05) is 19.6 Å². The number of carbonyl (C=O) groups is 1. The molecular weight excluding hydrogens is 274 g/mol. The number of benzene rings is 1. The van der Waals surface area contributed by atoms with Crippen LogP contribution in [0.2, 0.25) is 0 Å². The van der Waals surface area contributed by atoms with Crippen molar-refractivity contribution in [3.05, 3.63) is 35.9 Å². The minimum Gasteiger partial charge on any atom is -0.341 e. The van der Waals surface area contributed by atoms with Gasteiger partial charge in [-0.25, -0.2) is 0 Å². The van der Waals surface area contributed by atoms with Gasteiger partial charge >= 0.3 is 0 Å². The highest BCUT2D eigenvalue weighted by molar-refractivity contribution is 5.81. The molecule has 1 fully saturated rings. The van der Waals surface area contributed by atoms with E-state index >= 15 is 0 Å². The predicted octanol–water partition coefficient (Wildman–Crippen LogP) is 2.24. The van der Waals surface area contributed by atoms with Crippen LogP contribution in [0, 0.1) is 0 Å². The van der Waals surface area contributed by atoms with Crippen molar-refractivity contribution in [3.8, 4) is 0 Å². The molecule has 1 aliphatic rings. The van der Waals surface area contributed by atoms with Crippen LogP contribution in [0.3, 0.4) is 0 Å². The van der Waals surface area contributed by atoms with Gasteiger partial charge in [0.1, 0.15) is 0 Å². The molecule has 1 aliphatic heterocycles. The normalized spacial score (nSPS) is 16.2. The van der Waals surface area contributed by atoms with Gasteiger partial charge in [0.25, 0.3) is 0 Å². The molecule has 1 aromatic carbocycles. The van der Waals surface area contributed by atoms with Gasteiger partial charge in [-0.2, -0.15) is 0 Å². The summed E-state index contributed by atoms with van der Waals surface area (Å²) in [6, 6.07) is 10.2. The van der Waals surface area contributed by atoms with Crippen molar-refractivity contribution < 1.29 is 4.79 Å². The lowest BCUT2D eigenvalue weighted by Gasteiger charge is -2.21. The maximum atomic E-state index is 12.1. The van der Waals surface area contributed by atoms with Crippen LogP contribution in [0.15, 0.2) is 30.3 Å². The molecule has 0 bridgehead atoms. The molecule has 4 nitrogen and oxygen atoms in total. The summed E-state index contributed by atoms with van der Waals surface area (Å²) < 4.78 is 0. The Labute approximate surface area is 134 Å². The molecule has 1 atom stereocenters. The summed E-state index contributed by atoms with van der Waals surface area (Å²) in [5.41, 5.74) is 7.37. The first-order chi connectivity index (χ1) is 10.7. The van der Waals surface area contributed by atoms with Crippen LogP contribution >= 0.6 is 0 Å². The molecule has 1 aromatic rings. The summed E-state index contributed by atoms with van der Waals surface area (Å²) in [7, 11) is 2.14. The van der Waals surface area contributed by atoms with Gasteiger partial charge in [-0.15, -0.1) is 0 Å². The molecule has 1 saturated heterocycles. The highest BCUT2D eigenvalue weighted by atomic mass is 16.2. The molecular formula is C18H29N3O. The zero-order valence-corrected chi connectivity index (χ0v) is 13.7. The predicted molar refractivity (Wildman–Crippen MR) is 90.4 cm³/mol. The van der Waals surface area contributed by atoms with E-state index in [0.29, 0.717) is 0 Å². The van der Waals surface area contributed by atoms with E-state index in [4.69, 9.17) is 5.73 Å². The molecule has 1 heterocycles. The summed E-state index contributed by atoms with van der Waals surface area (Å²) in [6.45, 7) is 3.80. The zero-order chi connectivity index (χ0) is 15.8. The summed E-state index contributed by atoms with van der Waals surface area (Å²) in [5.74, 6) is 0.148. The molecule has 122 valence electrons. The monoisotopic (exact) mass is 303 g/mol. The first kappa shape index (κ1) is 17.0. The largest absolute Gasteiger partial charge is 0.341 e. The van der Waals surface area contributed by atoms with Gasteiger partial charge in [-0.05, 0) is 44.8 Å². The van der Waals surface area contributed by atoms with E-state index in [1.54, 1.807) is 0 Å². The first-order valence-electron chi connectivity index (χ1n) is 8.43. The summed E-state index contributed by atoms with van der Waals surface area (Å²) in [6.07, 6.45) is 5.16. The fourth-order valence-corrected chi connectivity index (χ4v) is 3.02. The van der Waals surface area contributed by atoms with E-state index in [1.165, 1.54) is 5.56 Å². The molecule has 0 aliphatic carbocycles. The number of unbranched alkanes of at least 4 members (excludes halogenated alkanes) is 1. The van der Waals surface area contributed by atoms with Gasteiger partial charge in [0.2, 0.25) is 5.91 Å². The maximum Gasteiger partial charge on any atom is 0.239 e. The van der Waals surface area contributed by atoms with Gasteiger partial charge < -0.3 is 15.5 Å². The minimum atomic E-state index is -0.308. The highest BCUT2D eigenvalue weighted by Gasteiger charge is 2.22. The Kier molecular flexibility index (Phi) is 6.87. The van der Waals surface area contributed by atoms with E-state index in [2.05, 4.69) is 36.2 Å². The second kappa shape index (κ2) is 8.91. The number of carbonyl (C=O) groups excluding carboxylic acids is 1. The van der Waals surface area contributed by atoms with Crippen LogP contribution in [0.25, 0.3) is 0 Å². The number of nitrogens with zero attached hydrogens (tertiary/aromatic N) is 2. The standard InChI is InChI=1S/C18H29N3O/c1-20(15-16-9-3-2-4-10-16)12-6-5-11-17(19)18(22)21-13-7-8-14-21/h2-4,9-10,17H,5-8,11-15,19H2,1H3. The smallest absolute Gasteiger partial charge is 0.239 e. The highest BCUT2D eigenvalue weighted by Crippen LogP contribution is 2.11. The third-order valence-corrected chi connectivity index (χ3v) is 4.34. The molecule has 0 saturated carbocycles. The maximum absolute atomic E-state index is 12.1. The van der Waals surface area contributed by atoms with E-state index in [1.807, 2.05) is 11.0 Å². The Balaban J connectivity index is 1.59. The Morgan fingerprint density at radius 3 is 2.59 bits per heavy atom. The zero-order valence-electron chi connectivity index (χ0n) is 13.7. The molecule has 0 radical (unpaired) electrons. The topological polar surface area (TPSA) is 49.6 Å². The number of amides is 1. The van der Waals surface area contributed by atoms with Crippen molar-refractivity contribution in [3.63, 3.8) is 0 Å². The molecule has 2 rings (SSSR count). The Bertz CT molecular complexity index is 443. The van der Waals surface area contributed by atoms with Crippen LogP contribution in [0.1, 0.15) is 37.7 Å². The van der Waals surface area contributed by atoms with Crippen molar-refractivity contribution in [1.29, 1.82) is 0 Å². The van der Waals surface area contributed by atoms with E-state index in [9.17, 15) is 4.79 Å². The van der Waals surface area contributed by atoms with E-state index in [0.717, 1.165) is 58.3 Å². The number of likely N-dealkylation sites (tertiary alicyclic amines) is 1. The average Bonchev–Trinajstić information content (AvgIpc) is 3.06. The third kappa shape index (κ3) is 5.43. The summed E-state index contributed by atoms with van der Waals surface area (Å²) in [5, 5.41) is 0. The van der Waals surface area contributed by atoms with Crippen LogP contribution in [0.5, 0.6) is 0 Å². The molecule has 0 aromatic heterocycles. The minimum absolute atomic E-state index is 0.148. The van der Waals surface area contributed by atoms with Crippen molar-refractivity contribution >= 4 is 5.91 Å². The first-order valence-corrected chi connectivity index (χ1v) is 8.43. The van der Waals surface area contributed by atoms with E-state index < -0.39 is 0 Å². The molecule has 22 heavy (non-hydrogen) atoms. The Hall–Kier alpha value is -1.39. The fraction of sp³-hybridized carbons (Fsp3) is 0.611. The van der Waals surface area contributed by atoms with Gasteiger partial charge in [-0.1, -0.05) is 36.8 Å². The Morgan fingerprint density at radius 2 is 1.91 bits per heavy atom. The second-order valence-electron chi connectivity index (χ2n) is 6.36. The quantitative estimate of drug-likeness (QED) is 0.749. The molecule has 1 amide bonds. The van der Waals surface area contributed by atoms with Crippen molar-refractivity contribution in [2.45, 2.75) is 44.7 Å². The summed E-state index contributed by atoms with van der Waals surface area (Å²) >= 11 is 0. The SMILES string of the molecule is CN(CCCCC(N)C(=O)N1CCCC1)Cc1ccccc1. The number of rotatable bonds is 8. The van der Waals surface area contributed by atoms with Crippen molar-refractivity contribution in [1.82, 2.24) is 9.80 Å². The number of hydrogen-bond donors (Lipinski definition) is 1. The van der Waals surface area contributed by atoms with Crippen LogP contribution in [-0.4, -0.2) is 48.4 Å². The average molecular weight is 303 g/mol. The lowest BCUT2D eigenvalue weighted by molar-refractivity contribution is -0.131. The molecule has 1 unspecified atom stereocenters. The van der Waals surface area contributed by atoms with Crippen LogP contribution in [0.4, 0.5) is 0 Å². The molecule has 2 N–H and O–H groups in total. The molecule has 4 heteroatoms. The second-order valence-corrected chi connectivity index (χ2v) is 6.36. The van der Waals surface area contributed by atoms with Crippen LogP contribution < -0.4 is 5.73 Å². The number of nitrogens with two attached hydrogens (primary N) is 1. The molecule has 0 spiro atoms. The fourth-order valence-electron chi connectivity index (χ4n) is 3.02. The van der Waals surface area contributed by atoms with Gasteiger partial charge in [0.05, 0.1) is 6.04 Å². The van der Waals surface area contributed by atoms with Crippen molar-refractivity contribution in [2.24, 2.45) is 5.73 Å². The summed E-state index contributed by atoms with van der Waals surface area (Å²) in [4.78, 5) is 16.4. The van der Waals surface area contributed by atoms with Crippen molar-refractivity contribution in [2.75, 3.05) is 26.7 Å². The van der Waals surface area contributed by atoms with Crippen LogP contribution in [-0.2, 0) is 11.3 Å².